The van der Waals surface area contributed by atoms with Crippen LogP contribution in [-0.4, -0.2) is 38.2 Å². The Kier molecular flexibility index (Phi) is 5.18. The molecule has 5 rings (SSSR count). The van der Waals surface area contributed by atoms with E-state index in [9.17, 15) is 5.26 Å². The predicted molar refractivity (Wildman–Crippen MR) is 123 cm³/mol. The fourth-order valence-corrected chi connectivity index (χ4v) is 4.44. The summed E-state index contributed by atoms with van der Waals surface area (Å²) >= 11 is 12.5. The summed E-state index contributed by atoms with van der Waals surface area (Å²) in [5.41, 5.74) is 8.83. The van der Waals surface area contributed by atoms with Crippen LogP contribution < -0.4 is 10.6 Å². The summed E-state index contributed by atoms with van der Waals surface area (Å²) in [7, 11) is 0. The quantitative estimate of drug-likeness (QED) is 0.468. The van der Waals surface area contributed by atoms with Gasteiger partial charge in [0, 0.05) is 24.8 Å². The average Bonchev–Trinajstić information content (AvgIpc) is 3.25. The van der Waals surface area contributed by atoms with Crippen LogP contribution in [0.1, 0.15) is 24.2 Å². The topological polar surface area (TPSA) is 120 Å². The van der Waals surface area contributed by atoms with Crippen molar-refractivity contribution in [2.24, 2.45) is 5.73 Å². The van der Waals surface area contributed by atoms with Crippen molar-refractivity contribution in [2.75, 3.05) is 18.0 Å². The molecule has 4 aromatic rings. The standard InChI is InChI=1S/C22H18Cl2N8/c23-14-5-3-4-13(18(14)24)19-17-15(12-25)28-21(29-20(17)31-30-19)32-10-7-22(26,8-11-32)16-6-1-2-9-27-16/h1-6,9H,7-8,10-11,26H2,(H,28,29,30,31). The highest BCUT2D eigenvalue weighted by Gasteiger charge is 2.34. The first-order valence-corrected chi connectivity index (χ1v) is 10.8. The van der Waals surface area contributed by atoms with Crippen LogP contribution in [-0.2, 0) is 5.54 Å². The first kappa shape index (κ1) is 20.6. The van der Waals surface area contributed by atoms with Gasteiger partial charge in [-0.1, -0.05) is 41.4 Å². The minimum Gasteiger partial charge on any atom is -0.341 e. The van der Waals surface area contributed by atoms with E-state index in [-0.39, 0.29) is 5.69 Å². The number of aromatic amines is 1. The van der Waals surface area contributed by atoms with Crippen LogP contribution in [0, 0.1) is 11.3 Å². The van der Waals surface area contributed by atoms with Gasteiger partial charge in [0.2, 0.25) is 5.95 Å². The molecule has 1 aromatic carbocycles. The Morgan fingerprint density at radius 3 is 2.62 bits per heavy atom. The van der Waals surface area contributed by atoms with E-state index in [1.165, 1.54) is 0 Å². The number of halogens is 2. The van der Waals surface area contributed by atoms with Gasteiger partial charge < -0.3 is 10.6 Å². The fraction of sp³-hybridized carbons (Fsp3) is 0.227. The highest BCUT2D eigenvalue weighted by Crippen LogP contribution is 2.37. The van der Waals surface area contributed by atoms with Crippen molar-refractivity contribution < 1.29 is 0 Å². The third-order valence-electron chi connectivity index (χ3n) is 5.84. The van der Waals surface area contributed by atoms with Gasteiger partial charge in [-0.2, -0.15) is 15.3 Å². The second kappa shape index (κ2) is 8.02. The van der Waals surface area contributed by atoms with Crippen molar-refractivity contribution in [3.05, 3.63) is 64.0 Å². The molecule has 0 atom stereocenters. The van der Waals surface area contributed by atoms with Gasteiger partial charge >= 0.3 is 0 Å². The number of nitrogens with one attached hydrogen (secondary N) is 1. The van der Waals surface area contributed by atoms with Gasteiger partial charge in [-0.05, 0) is 31.0 Å². The molecule has 0 saturated carbocycles. The van der Waals surface area contributed by atoms with Gasteiger partial charge in [0.15, 0.2) is 11.3 Å². The molecule has 0 radical (unpaired) electrons. The summed E-state index contributed by atoms with van der Waals surface area (Å²) in [6.45, 7) is 1.28. The highest BCUT2D eigenvalue weighted by molar-refractivity contribution is 6.43. The van der Waals surface area contributed by atoms with Gasteiger partial charge in [-0.3, -0.25) is 10.1 Å². The summed E-state index contributed by atoms with van der Waals surface area (Å²) in [6.07, 6.45) is 3.14. The molecule has 1 fully saturated rings. The molecule has 32 heavy (non-hydrogen) atoms. The minimum absolute atomic E-state index is 0.221. The van der Waals surface area contributed by atoms with E-state index >= 15 is 0 Å². The molecule has 0 aliphatic carbocycles. The molecule has 0 bridgehead atoms. The summed E-state index contributed by atoms with van der Waals surface area (Å²) < 4.78 is 0. The van der Waals surface area contributed by atoms with Crippen LogP contribution in [0.25, 0.3) is 22.3 Å². The van der Waals surface area contributed by atoms with Crippen LogP contribution >= 0.6 is 23.2 Å². The van der Waals surface area contributed by atoms with Crippen molar-refractivity contribution in [3.8, 4) is 17.3 Å². The lowest BCUT2D eigenvalue weighted by Crippen LogP contribution is -2.49. The summed E-state index contributed by atoms with van der Waals surface area (Å²) in [5, 5.41) is 18.4. The van der Waals surface area contributed by atoms with Crippen LogP contribution in [0.2, 0.25) is 10.0 Å². The number of fused-ring (bicyclic) bond motifs is 1. The molecule has 1 aliphatic heterocycles. The number of nitrogens with two attached hydrogens (primary N) is 1. The molecular formula is C22H18Cl2N8. The Balaban J connectivity index is 1.48. The Morgan fingerprint density at radius 1 is 1.09 bits per heavy atom. The number of rotatable bonds is 3. The van der Waals surface area contributed by atoms with Crippen molar-refractivity contribution >= 4 is 40.2 Å². The number of nitriles is 1. The second-order valence-electron chi connectivity index (χ2n) is 7.74. The molecule has 8 nitrogen and oxygen atoms in total. The predicted octanol–water partition coefficient (Wildman–Crippen LogP) is 4.05. The zero-order valence-corrected chi connectivity index (χ0v) is 18.4. The smallest absolute Gasteiger partial charge is 0.228 e. The highest BCUT2D eigenvalue weighted by atomic mass is 35.5. The van der Waals surface area contributed by atoms with Crippen molar-refractivity contribution in [1.29, 1.82) is 5.26 Å². The Bertz CT molecular complexity index is 1340. The molecule has 1 aliphatic rings. The van der Waals surface area contributed by atoms with Crippen molar-refractivity contribution in [1.82, 2.24) is 25.1 Å². The van der Waals surface area contributed by atoms with Gasteiger partial charge in [0.1, 0.15) is 6.07 Å². The molecule has 160 valence electrons. The van der Waals surface area contributed by atoms with E-state index < -0.39 is 5.54 Å². The average molecular weight is 465 g/mol. The van der Waals surface area contributed by atoms with E-state index in [1.807, 2.05) is 23.1 Å². The Labute approximate surface area is 194 Å². The number of anilines is 1. The number of hydrogen-bond acceptors (Lipinski definition) is 7. The number of aromatic nitrogens is 5. The van der Waals surface area contributed by atoms with E-state index in [4.69, 9.17) is 28.9 Å². The van der Waals surface area contributed by atoms with Crippen molar-refractivity contribution in [2.45, 2.75) is 18.4 Å². The van der Waals surface area contributed by atoms with Gasteiger partial charge in [0.25, 0.3) is 0 Å². The second-order valence-corrected chi connectivity index (χ2v) is 8.53. The van der Waals surface area contributed by atoms with Crippen LogP contribution in [0.3, 0.4) is 0 Å². The summed E-state index contributed by atoms with van der Waals surface area (Å²) in [6, 6.07) is 13.2. The van der Waals surface area contributed by atoms with E-state index in [0.29, 0.717) is 64.2 Å². The van der Waals surface area contributed by atoms with E-state index in [0.717, 1.165) is 5.69 Å². The molecule has 3 aromatic heterocycles. The Hall–Kier alpha value is -3.25. The lowest BCUT2D eigenvalue weighted by Gasteiger charge is -2.38. The van der Waals surface area contributed by atoms with Gasteiger partial charge in [-0.15, -0.1) is 0 Å². The summed E-state index contributed by atoms with van der Waals surface area (Å²) in [4.78, 5) is 15.6. The lowest BCUT2D eigenvalue weighted by atomic mass is 9.85. The molecule has 0 spiro atoms. The van der Waals surface area contributed by atoms with E-state index in [1.54, 1.807) is 24.4 Å². The maximum Gasteiger partial charge on any atom is 0.228 e. The maximum atomic E-state index is 9.82. The van der Waals surface area contributed by atoms with Crippen LogP contribution in [0.15, 0.2) is 42.6 Å². The number of hydrogen-bond donors (Lipinski definition) is 2. The fourth-order valence-electron chi connectivity index (χ4n) is 4.05. The number of piperidine rings is 1. The third kappa shape index (κ3) is 3.45. The van der Waals surface area contributed by atoms with Crippen molar-refractivity contribution in [3.63, 3.8) is 0 Å². The van der Waals surface area contributed by atoms with Gasteiger partial charge in [0.05, 0.1) is 32.4 Å². The maximum absolute atomic E-state index is 9.82. The SMILES string of the molecule is N#Cc1nc(N2CCC(N)(c3ccccn3)CC2)nc2n[nH]c(-c3cccc(Cl)c3Cl)c12. The summed E-state index contributed by atoms with van der Waals surface area (Å²) in [5.74, 6) is 0.451. The molecule has 3 N–H and O–H groups in total. The lowest BCUT2D eigenvalue weighted by molar-refractivity contribution is 0.332. The molecule has 4 heterocycles. The zero-order valence-electron chi connectivity index (χ0n) is 16.9. The largest absolute Gasteiger partial charge is 0.341 e. The normalized spacial score (nSPS) is 15.6. The number of H-pyrrole nitrogens is 1. The zero-order chi connectivity index (χ0) is 22.3. The molecule has 0 amide bonds. The minimum atomic E-state index is -0.497. The molecular weight excluding hydrogens is 447 g/mol. The molecule has 10 heteroatoms. The number of benzene rings is 1. The van der Waals surface area contributed by atoms with Gasteiger partial charge in [-0.25, -0.2) is 4.98 Å². The number of pyridine rings is 1. The van der Waals surface area contributed by atoms with E-state index in [2.05, 4.69) is 31.2 Å². The molecule has 0 unspecified atom stereocenters. The first-order valence-electron chi connectivity index (χ1n) is 10.1. The third-order valence-corrected chi connectivity index (χ3v) is 6.66. The van der Waals surface area contributed by atoms with Crippen LogP contribution in [0.5, 0.6) is 0 Å². The number of nitrogens with zero attached hydrogens (tertiary/aromatic N) is 6. The first-order chi connectivity index (χ1) is 15.5. The van der Waals surface area contributed by atoms with Crippen LogP contribution in [0.4, 0.5) is 5.95 Å². The monoisotopic (exact) mass is 464 g/mol. The Morgan fingerprint density at radius 2 is 1.91 bits per heavy atom. The molecule has 1 saturated heterocycles.